The SMILES string of the molecule is CCCC1(CC)CC(N)c2ccc(F)cc2O1. The first-order chi connectivity index (χ1) is 8.10. The van der Waals surface area contributed by atoms with Crippen molar-refractivity contribution in [2.24, 2.45) is 5.73 Å². The molecular formula is C14H20FNO. The zero-order valence-electron chi connectivity index (χ0n) is 10.5. The number of benzene rings is 1. The number of hydrogen-bond acceptors (Lipinski definition) is 2. The Bertz CT molecular complexity index is 407. The quantitative estimate of drug-likeness (QED) is 0.872. The lowest BCUT2D eigenvalue weighted by atomic mass is 9.83. The third kappa shape index (κ3) is 2.29. The van der Waals surface area contributed by atoms with Crippen molar-refractivity contribution in [2.75, 3.05) is 0 Å². The van der Waals surface area contributed by atoms with E-state index < -0.39 is 0 Å². The van der Waals surface area contributed by atoms with Crippen LogP contribution < -0.4 is 10.5 Å². The van der Waals surface area contributed by atoms with Crippen LogP contribution in [-0.2, 0) is 0 Å². The van der Waals surface area contributed by atoms with E-state index in [1.807, 2.05) is 0 Å². The second-order valence-corrected chi connectivity index (χ2v) is 4.88. The number of ether oxygens (including phenoxy) is 1. The lowest BCUT2D eigenvalue weighted by Gasteiger charge is -2.41. The summed E-state index contributed by atoms with van der Waals surface area (Å²) in [5, 5.41) is 0. The second-order valence-electron chi connectivity index (χ2n) is 4.88. The minimum atomic E-state index is -0.264. The van der Waals surface area contributed by atoms with Gasteiger partial charge in [0.25, 0.3) is 0 Å². The molecule has 0 aliphatic carbocycles. The molecular weight excluding hydrogens is 217 g/mol. The fourth-order valence-corrected chi connectivity index (χ4v) is 2.69. The Morgan fingerprint density at radius 2 is 2.24 bits per heavy atom. The Balaban J connectivity index is 2.36. The maximum atomic E-state index is 13.2. The zero-order chi connectivity index (χ0) is 12.5. The third-order valence-corrected chi connectivity index (χ3v) is 3.64. The summed E-state index contributed by atoms with van der Waals surface area (Å²) in [5.41, 5.74) is 6.88. The van der Waals surface area contributed by atoms with Crippen LogP contribution >= 0.6 is 0 Å². The number of hydrogen-bond donors (Lipinski definition) is 1. The largest absolute Gasteiger partial charge is 0.487 e. The van der Waals surface area contributed by atoms with Crippen molar-refractivity contribution in [3.63, 3.8) is 0 Å². The highest BCUT2D eigenvalue weighted by atomic mass is 19.1. The molecule has 94 valence electrons. The molecule has 2 rings (SSSR count). The molecule has 0 radical (unpaired) electrons. The summed E-state index contributed by atoms with van der Waals surface area (Å²) in [7, 11) is 0. The number of halogens is 1. The maximum absolute atomic E-state index is 13.2. The molecule has 17 heavy (non-hydrogen) atoms. The Labute approximate surface area is 102 Å². The van der Waals surface area contributed by atoms with Crippen LogP contribution in [0.25, 0.3) is 0 Å². The Kier molecular flexibility index (Phi) is 3.38. The molecule has 1 aliphatic heterocycles. The van der Waals surface area contributed by atoms with E-state index in [2.05, 4.69) is 13.8 Å². The van der Waals surface area contributed by atoms with Crippen molar-refractivity contribution in [1.82, 2.24) is 0 Å². The van der Waals surface area contributed by atoms with Gasteiger partial charge in [0.15, 0.2) is 0 Å². The fourth-order valence-electron chi connectivity index (χ4n) is 2.69. The van der Waals surface area contributed by atoms with Gasteiger partial charge in [0, 0.05) is 24.1 Å². The van der Waals surface area contributed by atoms with Gasteiger partial charge in [-0.05, 0) is 18.9 Å². The van der Waals surface area contributed by atoms with Crippen LogP contribution in [0.15, 0.2) is 18.2 Å². The standard InChI is InChI=1S/C14H20FNO/c1-3-7-14(4-2)9-12(16)11-6-5-10(15)8-13(11)17-14/h5-6,8,12H,3-4,7,9,16H2,1-2H3. The predicted octanol–water partition coefficient (Wildman–Crippen LogP) is 3.56. The summed E-state index contributed by atoms with van der Waals surface area (Å²) in [6.45, 7) is 4.24. The van der Waals surface area contributed by atoms with Crippen molar-refractivity contribution in [3.05, 3.63) is 29.6 Å². The molecule has 0 spiro atoms. The van der Waals surface area contributed by atoms with Crippen LogP contribution in [0.3, 0.4) is 0 Å². The number of nitrogens with two attached hydrogens (primary N) is 1. The number of rotatable bonds is 3. The van der Waals surface area contributed by atoms with Crippen LogP contribution in [0.4, 0.5) is 4.39 Å². The molecule has 2 atom stereocenters. The number of fused-ring (bicyclic) bond motifs is 1. The minimum Gasteiger partial charge on any atom is -0.487 e. The molecule has 2 N–H and O–H groups in total. The normalized spacial score (nSPS) is 27.4. The van der Waals surface area contributed by atoms with Gasteiger partial charge in [0.05, 0.1) is 0 Å². The van der Waals surface area contributed by atoms with E-state index in [0.717, 1.165) is 31.2 Å². The predicted molar refractivity (Wildman–Crippen MR) is 66.5 cm³/mol. The van der Waals surface area contributed by atoms with Crippen molar-refractivity contribution in [1.29, 1.82) is 0 Å². The summed E-state index contributed by atoms with van der Waals surface area (Å²) >= 11 is 0. The summed E-state index contributed by atoms with van der Waals surface area (Å²) in [5.74, 6) is 0.360. The van der Waals surface area contributed by atoms with Gasteiger partial charge in [-0.15, -0.1) is 0 Å². The minimum absolute atomic E-state index is 0.0501. The highest BCUT2D eigenvalue weighted by Crippen LogP contribution is 2.42. The molecule has 1 aromatic carbocycles. The van der Waals surface area contributed by atoms with Crippen LogP contribution in [0.1, 0.15) is 51.1 Å². The smallest absolute Gasteiger partial charge is 0.127 e. The lowest BCUT2D eigenvalue weighted by Crippen LogP contribution is -2.42. The first kappa shape index (κ1) is 12.4. The molecule has 1 aromatic rings. The Morgan fingerprint density at radius 1 is 1.47 bits per heavy atom. The molecule has 0 saturated heterocycles. The molecule has 1 heterocycles. The zero-order valence-corrected chi connectivity index (χ0v) is 10.5. The van der Waals surface area contributed by atoms with Crippen LogP contribution in [0.5, 0.6) is 5.75 Å². The Hall–Kier alpha value is -1.09. The van der Waals surface area contributed by atoms with E-state index >= 15 is 0 Å². The van der Waals surface area contributed by atoms with Gasteiger partial charge in [-0.1, -0.05) is 26.3 Å². The van der Waals surface area contributed by atoms with Crippen LogP contribution in [0, 0.1) is 5.82 Å². The van der Waals surface area contributed by atoms with Gasteiger partial charge < -0.3 is 10.5 Å². The molecule has 0 aromatic heterocycles. The van der Waals surface area contributed by atoms with Gasteiger partial charge >= 0.3 is 0 Å². The molecule has 0 saturated carbocycles. The summed E-state index contributed by atoms with van der Waals surface area (Å²) < 4.78 is 19.3. The van der Waals surface area contributed by atoms with Crippen molar-refractivity contribution < 1.29 is 9.13 Å². The van der Waals surface area contributed by atoms with Gasteiger partial charge in [-0.2, -0.15) is 0 Å². The average molecular weight is 237 g/mol. The van der Waals surface area contributed by atoms with Gasteiger partial charge in [-0.25, -0.2) is 4.39 Å². The van der Waals surface area contributed by atoms with Crippen molar-refractivity contribution in [2.45, 2.75) is 51.2 Å². The molecule has 2 nitrogen and oxygen atoms in total. The van der Waals surface area contributed by atoms with E-state index in [1.54, 1.807) is 6.07 Å². The lowest BCUT2D eigenvalue weighted by molar-refractivity contribution is 0.0227. The van der Waals surface area contributed by atoms with E-state index in [9.17, 15) is 4.39 Å². The molecule has 0 bridgehead atoms. The summed E-state index contributed by atoms with van der Waals surface area (Å²) in [4.78, 5) is 0. The fraction of sp³-hybridized carbons (Fsp3) is 0.571. The highest BCUT2D eigenvalue weighted by molar-refractivity contribution is 5.39. The molecule has 3 heteroatoms. The first-order valence-corrected chi connectivity index (χ1v) is 6.34. The third-order valence-electron chi connectivity index (χ3n) is 3.64. The maximum Gasteiger partial charge on any atom is 0.127 e. The van der Waals surface area contributed by atoms with Crippen LogP contribution in [-0.4, -0.2) is 5.60 Å². The van der Waals surface area contributed by atoms with Crippen molar-refractivity contribution in [3.8, 4) is 5.75 Å². The van der Waals surface area contributed by atoms with Gasteiger partial charge in [-0.3, -0.25) is 0 Å². The van der Waals surface area contributed by atoms with Crippen LogP contribution in [0.2, 0.25) is 0 Å². The first-order valence-electron chi connectivity index (χ1n) is 6.34. The molecule has 1 aliphatic rings. The molecule has 0 fully saturated rings. The average Bonchev–Trinajstić information content (AvgIpc) is 2.28. The monoisotopic (exact) mass is 237 g/mol. The summed E-state index contributed by atoms with van der Waals surface area (Å²) in [6.07, 6.45) is 3.73. The van der Waals surface area contributed by atoms with Gasteiger partial charge in [0.2, 0.25) is 0 Å². The van der Waals surface area contributed by atoms with E-state index in [-0.39, 0.29) is 17.5 Å². The van der Waals surface area contributed by atoms with E-state index in [4.69, 9.17) is 10.5 Å². The highest BCUT2D eigenvalue weighted by Gasteiger charge is 2.37. The van der Waals surface area contributed by atoms with Gasteiger partial charge in [0.1, 0.15) is 17.2 Å². The summed E-state index contributed by atoms with van der Waals surface area (Å²) in [6, 6.07) is 4.58. The second kappa shape index (κ2) is 4.65. The Morgan fingerprint density at radius 3 is 2.88 bits per heavy atom. The molecule has 0 amide bonds. The van der Waals surface area contributed by atoms with Crippen molar-refractivity contribution >= 4 is 0 Å². The van der Waals surface area contributed by atoms with E-state index in [1.165, 1.54) is 12.1 Å². The topological polar surface area (TPSA) is 35.2 Å². The van der Waals surface area contributed by atoms with E-state index in [0.29, 0.717) is 5.75 Å². The molecule has 2 unspecified atom stereocenters.